The van der Waals surface area contributed by atoms with Crippen LogP contribution < -0.4 is 4.74 Å². The molecule has 0 bridgehead atoms. The van der Waals surface area contributed by atoms with E-state index >= 15 is 0 Å². The van der Waals surface area contributed by atoms with Gasteiger partial charge < -0.3 is 9.84 Å². The second-order valence-electron chi connectivity index (χ2n) is 4.68. The molecule has 0 saturated heterocycles. The summed E-state index contributed by atoms with van der Waals surface area (Å²) in [4.78, 5) is 0. The number of ether oxygens (including phenoxy) is 1. The molecule has 8 heteroatoms. The lowest BCUT2D eigenvalue weighted by Gasteiger charge is -2.15. The molecule has 0 unspecified atom stereocenters. The van der Waals surface area contributed by atoms with Crippen LogP contribution in [0.25, 0.3) is 11.1 Å². The van der Waals surface area contributed by atoms with E-state index in [1.807, 2.05) is 0 Å². The number of methoxy groups -OCH3 is 1. The molecule has 0 aliphatic rings. The third-order valence-electron chi connectivity index (χ3n) is 3.08. The monoisotopic (exact) mass is 336 g/mol. The molecule has 0 saturated carbocycles. The molecule has 0 aliphatic heterocycles. The van der Waals surface area contributed by atoms with Gasteiger partial charge in [0.2, 0.25) is 0 Å². The average molecular weight is 336 g/mol. The van der Waals surface area contributed by atoms with E-state index in [0.717, 1.165) is 18.2 Å². The first-order chi connectivity index (χ1) is 10.5. The van der Waals surface area contributed by atoms with E-state index in [0.29, 0.717) is 18.2 Å². The summed E-state index contributed by atoms with van der Waals surface area (Å²) in [6, 6.07) is 4.52. The highest BCUT2D eigenvalue weighted by Crippen LogP contribution is 2.40. The maximum absolute atomic E-state index is 12.8. The predicted molar refractivity (Wildman–Crippen MR) is 70.1 cm³/mol. The summed E-state index contributed by atoms with van der Waals surface area (Å²) < 4.78 is 81.7. The van der Waals surface area contributed by atoms with Crippen molar-refractivity contribution in [1.82, 2.24) is 0 Å². The second kappa shape index (κ2) is 5.68. The molecule has 0 aliphatic carbocycles. The maximum Gasteiger partial charge on any atom is 0.416 e. The number of hydrogen-bond donors (Lipinski definition) is 1. The van der Waals surface area contributed by atoms with Gasteiger partial charge in [0, 0.05) is 5.56 Å². The van der Waals surface area contributed by atoms with Gasteiger partial charge in [-0.15, -0.1) is 0 Å². The summed E-state index contributed by atoms with van der Waals surface area (Å²) in [7, 11) is 1.18. The zero-order valence-corrected chi connectivity index (χ0v) is 11.6. The Labute approximate surface area is 126 Å². The molecule has 0 aromatic heterocycles. The third-order valence-corrected chi connectivity index (χ3v) is 3.08. The van der Waals surface area contributed by atoms with Gasteiger partial charge in [0.15, 0.2) is 0 Å². The van der Waals surface area contributed by atoms with E-state index in [9.17, 15) is 31.4 Å². The van der Waals surface area contributed by atoms with Crippen LogP contribution in [0.15, 0.2) is 36.4 Å². The van der Waals surface area contributed by atoms with Gasteiger partial charge in [0.25, 0.3) is 0 Å². The van der Waals surface area contributed by atoms with Crippen molar-refractivity contribution in [2.24, 2.45) is 0 Å². The van der Waals surface area contributed by atoms with E-state index in [1.165, 1.54) is 7.11 Å². The van der Waals surface area contributed by atoms with Crippen LogP contribution >= 0.6 is 0 Å². The Morgan fingerprint density at radius 2 is 1.43 bits per heavy atom. The molecule has 0 fully saturated rings. The van der Waals surface area contributed by atoms with Gasteiger partial charge >= 0.3 is 12.4 Å². The van der Waals surface area contributed by atoms with Crippen LogP contribution in [-0.2, 0) is 12.4 Å². The molecule has 124 valence electrons. The van der Waals surface area contributed by atoms with Crippen LogP contribution in [0.5, 0.6) is 11.5 Å². The quantitative estimate of drug-likeness (QED) is 0.773. The van der Waals surface area contributed by atoms with Crippen LogP contribution in [0.1, 0.15) is 11.1 Å². The second-order valence-corrected chi connectivity index (χ2v) is 4.68. The van der Waals surface area contributed by atoms with Gasteiger partial charge in [-0.25, -0.2) is 0 Å². The number of phenols is 1. The van der Waals surface area contributed by atoms with Crippen molar-refractivity contribution in [3.63, 3.8) is 0 Å². The van der Waals surface area contributed by atoms with Gasteiger partial charge in [-0.05, 0) is 42.0 Å². The fourth-order valence-corrected chi connectivity index (χ4v) is 2.04. The molecule has 2 aromatic rings. The molecule has 0 radical (unpaired) electrons. The molecule has 1 N–H and O–H groups in total. The zero-order chi connectivity index (χ0) is 17.4. The van der Waals surface area contributed by atoms with Crippen molar-refractivity contribution in [1.29, 1.82) is 0 Å². The minimum Gasteiger partial charge on any atom is -0.508 e. The first kappa shape index (κ1) is 17.0. The molecule has 2 aromatic carbocycles. The van der Waals surface area contributed by atoms with Gasteiger partial charge in [-0.1, -0.05) is 0 Å². The maximum atomic E-state index is 12.8. The fraction of sp³-hybridized carbons (Fsp3) is 0.200. The topological polar surface area (TPSA) is 29.5 Å². The smallest absolute Gasteiger partial charge is 0.416 e. The van der Waals surface area contributed by atoms with Crippen LogP contribution in [0, 0.1) is 0 Å². The molecule has 0 atom stereocenters. The standard InChI is InChI=1S/C15H10F6O2/c1-23-13-3-2-9(14(16,17)18)7-12(13)8-4-10(15(19,20)21)6-11(22)5-8/h2-7,22H,1H3. The average Bonchev–Trinajstić information content (AvgIpc) is 2.44. The number of phenolic OH excluding ortho intramolecular Hbond substituents is 1. The molecule has 0 spiro atoms. The highest BCUT2D eigenvalue weighted by Gasteiger charge is 2.33. The minimum absolute atomic E-state index is 0.0447. The number of alkyl halides is 6. The van der Waals surface area contributed by atoms with E-state index in [1.54, 1.807) is 0 Å². The van der Waals surface area contributed by atoms with Gasteiger partial charge in [0.05, 0.1) is 18.2 Å². The first-order valence-corrected chi connectivity index (χ1v) is 6.19. The number of hydrogen-bond acceptors (Lipinski definition) is 2. The molecule has 0 heterocycles. The van der Waals surface area contributed by atoms with Crippen molar-refractivity contribution in [3.05, 3.63) is 47.5 Å². The van der Waals surface area contributed by atoms with Crippen LogP contribution in [0.3, 0.4) is 0 Å². The summed E-state index contributed by atoms with van der Waals surface area (Å²) in [5.41, 5.74) is -2.65. The molecule has 0 amide bonds. The molecule has 2 nitrogen and oxygen atoms in total. The molecular formula is C15H10F6O2. The number of halogens is 6. The van der Waals surface area contributed by atoms with E-state index in [-0.39, 0.29) is 16.9 Å². The Bertz CT molecular complexity index is 719. The highest BCUT2D eigenvalue weighted by atomic mass is 19.4. The zero-order valence-electron chi connectivity index (χ0n) is 11.6. The largest absolute Gasteiger partial charge is 0.508 e. The van der Waals surface area contributed by atoms with Crippen molar-refractivity contribution >= 4 is 0 Å². The Morgan fingerprint density at radius 1 is 0.826 bits per heavy atom. The van der Waals surface area contributed by atoms with E-state index in [4.69, 9.17) is 4.74 Å². The minimum atomic E-state index is -4.75. The summed E-state index contributed by atoms with van der Waals surface area (Å²) >= 11 is 0. The number of aromatic hydroxyl groups is 1. The summed E-state index contributed by atoms with van der Waals surface area (Å²) in [6.07, 6.45) is -9.41. The lowest BCUT2D eigenvalue weighted by atomic mass is 9.99. The highest BCUT2D eigenvalue weighted by molar-refractivity contribution is 5.73. The molecule has 23 heavy (non-hydrogen) atoms. The molecule has 2 rings (SSSR count). The first-order valence-electron chi connectivity index (χ1n) is 6.19. The molecular weight excluding hydrogens is 326 g/mol. The van der Waals surface area contributed by atoms with Crippen LogP contribution in [-0.4, -0.2) is 12.2 Å². The lowest BCUT2D eigenvalue weighted by molar-refractivity contribution is -0.138. The van der Waals surface area contributed by atoms with E-state index in [2.05, 4.69) is 0 Å². The normalized spacial score (nSPS) is 12.3. The third kappa shape index (κ3) is 3.69. The SMILES string of the molecule is COc1ccc(C(F)(F)F)cc1-c1cc(O)cc(C(F)(F)F)c1. The summed E-state index contributed by atoms with van der Waals surface area (Å²) in [5, 5.41) is 9.45. The van der Waals surface area contributed by atoms with Crippen molar-refractivity contribution in [3.8, 4) is 22.6 Å². The summed E-state index contributed by atoms with van der Waals surface area (Å²) in [5.74, 6) is -0.758. The van der Waals surface area contributed by atoms with Gasteiger partial charge in [-0.3, -0.25) is 0 Å². The van der Waals surface area contributed by atoms with Crippen LogP contribution in [0.4, 0.5) is 26.3 Å². The van der Waals surface area contributed by atoms with Crippen molar-refractivity contribution in [2.75, 3.05) is 7.11 Å². The Hall–Kier alpha value is -2.38. The number of benzene rings is 2. The summed E-state index contributed by atoms with van der Waals surface area (Å²) in [6.45, 7) is 0. The fourth-order valence-electron chi connectivity index (χ4n) is 2.04. The Morgan fingerprint density at radius 3 is 1.96 bits per heavy atom. The Balaban J connectivity index is 2.68. The Kier molecular flexibility index (Phi) is 4.19. The van der Waals surface area contributed by atoms with Gasteiger partial charge in [0.1, 0.15) is 11.5 Å². The van der Waals surface area contributed by atoms with Crippen molar-refractivity contribution < 1.29 is 36.2 Å². The van der Waals surface area contributed by atoms with Crippen LogP contribution in [0.2, 0.25) is 0 Å². The van der Waals surface area contributed by atoms with E-state index < -0.39 is 29.2 Å². The van der Waals surface area contributed by atoms with Crippen molar-refractivity contribution in [2.45, 2.75) is 12.4 Å². The predicted octanol–water partition coefficient (Wildman–Crippen LogP) is 5.11. The lowest BCUT2D eigenvalue weighted by Crippen LogP contribution is -2.06. The number of rotatable bonds is 2. The van der Waals surface area contributed by atoms with Gasteiger partial charge in [-0.2, -0.15) is 26.3 Å².